The summed E-state index contributed by atoms with van der Waals surface area (Å²) in [5.41, 5.74) is 0.826. The summed E-state index contributed by atoms with van der Waals surface area (Å²) in [6.07, 6.45) is 0.762. The third-order valence-electron chi connectivity index (χ3n) is 1.10. The van der Waals surface area contributed by atoms with Gasteiger partial charge in [-0.05, 0) is 13.0 Å². The highest BCUT2D eigenvalue weighted by molar-refractivity contribution is 6.29. The summed E-state index contributed by atoms with van der Waals surface area (Å²) in [5, 5.41) is 4.46. The van der Waals surface area contributed by atoms with E-state index in [1.807, 2.05) is 6.92 Å². The fraction of sp³-hybridized carbons (Fsp3) is 0.333. The Kier molecular flexibility index (Phi) is 2.06. The highest BCUT2D eigenvalue weighted by atomic mass is 35.5. The van der Waals surface area contributed by atoms with Crippen LogP contribution in [0.4, 0.5) is 0 Å². The Morgan fingerprint density at radius 1 is 1.90 bits per heavy atom. The van der Waals surface area contributed by atoms with Crippen molar-refractivity contribution >= 4 is 17.9 Å². The number of aryl methyl sites for hydroxylation is 1. The minimum Gasteiger partial charge on any atom is -0.301 e. The number of hydrogen-bond acceptors (Lipinski definition) is 2. The molecule has 0 atom stereocenters. The van der Waals surface area contributed by atoms with Crippen LogP contribution in [0.5, 0.6) is 0 Å². The Balaban J connectivity index is 2.91. The van der Waals surface area contributed by atoms with E-state index in [1.165, 1.54) is 4.68 Å². The average Bonchev–Trinajstić information content (AvgIpc) is 2.13. The van der Waals surface area contributed by atoms with Crippen LogP contribution in [-0.4, -0.2) is 16.1 Å². The molecule has 4 heteroatoms. The second-order valence-electron chi connectivity index (χ2n) is 1.96. The molecule has 3 nitrogen and oxygen atoms in total. The van der Waals surface area contributed by atoms with Crippen molar-refractivity contribution in [3.63, 3.8) is 0 Å². The molecular weight excluding hydrogens is 152 g/mol. The van der Waals surface area contributed by atoms with E-state index in [-0.39, 0.29) is 6.54 Å². The highest BCUT2D eigenvalue weighted by Crippen LogP contribution is 2.08. The first-order chi connectivity index (χ1) is 4.74. The van der Waals surface area contributed by atoms with Crippen molar-refractivity contribution in [1.29, 1.82) is 0 Å². The molecule has 1 heterocycles. The standard InChI is InChI=1S/C6H7ClN2O/c1-5-4-6(7)9(8-5)2-3-10/h3-4H,2H2,1H3. The quantitative estimate of drug-likeness (QED) is 0.603. The number of aldehydes is 1. The number of rotatable bonds is 2. The Bertz CT molecular complexity index is 244. The van der Waals surface area contributed by atoms with Crippen LogP contribution in [0.3, 0.4) is 0 Å². The molecule has 0 aromatic carbocycles. The van der Waals surface area contributed by atoms with Gasteiger partial charge in [0.1, 0.15) is 11.4 Å². The van der Waals surface area contributed by atoms with Gasteiger partial charge in [0, 0.05) is 0 Å². The molecule has 0 amide bonds. The van der Waals surface area contributed by atoms with Crippen LogP contribution in [0.2, 0.25) is 5.15 Å². The van der Waals surface area contributed by atoms with E-state index in [2.05, 4.69) is 5.10 Å². The summed E-state index contributed by atoms with van der Waals surface area (Å²) in [6, 6.07) is 1.71. The van der Waals surface area contributed by atoms with Crippen molar-refractivity contribution in [3.8, 4) is 0 Å². The summed E-state index contributed by atoms with van der Waals surface area (Å²) in [6.45, 7) is 2.06. The van der Waals surface area contributed by atoms with E-state index in [4.69, 9.17) is 11.6 Å². The third-order valence-corrected chi connectivity index (χ3v) is 1.40. The van der Waals surface area contributed by atoms with E-state index in [0.717, 1.165) is 12.0 Å². The summed E-state index contributed by atoms with van der Waals surface area (Å²) in [5.74, 6) is 0. The predicted octanol–water partition coefficient (Wildman–Crippen LogP) is 1.04. The third kappa shape index (κ3) is 1.36. The zero-order valence-corrected chi connectivity index (χ0v) is 6.30. The van der Waals surface area contributed by atoms with E-state index in [0.29, 0.717) is 5.15 Å². The minimum atomic E-state index is 0.229. The SMILES string of the molecule is Cc1cc(Cl)n(CC=O)n1. The van der Waals surface area contributed by atoms with Crippen LogP contribution in [0.15, 0.2) is 6.07 Å². The molecule has 0 spiro atoms. The molecule has 0 N–H and O–H groups in total. The van der Waals surface area contributed by atoms with Crippen molar-refractivity contribution in [1.82, 2.24) is 9.78 Å². The predicted molar refractivity (Wildman–Crippen MR) is 38.0 cm³/mol. The fourth-order valence-electron chi connectivity index (χ4n) is 0.713. The van der Waals surface area contributed by atoms with E-state index in [1.54, 1.807) is 6.07 Å². The summed E-state index contributed by atoms with van der Waals surface area (Å²) < 4.78 is 1.45. The van der Waals surface area contributed by atoms with E-state index < -0.39 is 0 Å². The maximum atomic E-state index is 10.0. The van der Waals surface area contributed by atoms with Crippen LogP contribution < -0.4 is 0 Å². The zero-order chi connectivity index (χ0) is 7.56. The van der Waals surface area contributed by atoms with Crippen molar-refractivity contribution in [2.45, 2.75) is 13.5 Å². The van der Waals surface area contributed by atoms with Gasteiger partial charge in [0.15, 0.2) is 0 Å². The molecule has 1 aromatic rings. The summed E-state index contributed by atoms with van der Waals surface area (Å²) in [4.78, 5) is 10.0. The Morgan fingerprint density at radius 3 is 3.00 bits per heavy atom. The molecule has 0 aliphatic carbocycles. The van der Waals surface area contributed by atoms with Gasteiger partial charge in [0.05, 0.1) is 12.2 Å². The lowest BCUT2D eigenvalue weighted by molar-refractivity contribution is -0.108. The topological polar surface area (TPSA) is 34.9 Å². The first kappa shape index (κ1) is 7.28. The van der Waals surface area contributed by atoms with E-state index in [9.17, 15) is 4.79 Å². The van der Waals surface area contributed by atoms with Gasteiger partial charge in [-0.15, -0.1) is 0 Å². The molecule has 0 aliphatic heterocycles. The van der Waals surface area contributed by atoms with Crippen LogP contribution in [0.25, 0.3) is 0 Å². The summed E-state index contributed by atoms with van der Waals surface area (Å²) >= 11 is 5.67. The number of carbonyl (C=O) groups excluding carboxylic acids is 1. The van der Waals surface area contributed by atoms with Gasteiger partial charge in [-0.3, -0.25) is 0 Å². The van der Waals surface area contributed by atoms with Crippen LogP contribution in [0.1, 0.15) is 5.69 Å². The van der Waals surface area contributed by atoms with Gasteiger partial charge in [-0.25, -0.2) is 4.68 Å². The Labute approximate surface area is 63.6 Å². The molecule has 0 fully saturated rings. The second-order valence-corrected chi connectivity index (χ2v) is 2.34. The second kappa shape index (κ2) is 2.84. The van der Waals surface area contributed by atoms with Gasteiger partial charge in [-0.2, -0.15) is 5.10 Å². The van der Waals surface area contributed by atoms with Crippen molar-refractivity contribution in [2.24, 2.45) is 0 Å². The molecule has 0 aliphatic rings. The number of nitrogens with zero attached hydrogens (tertiary/aromatic N) is 2. The molecule has 0 unspecified atom stereocenters. The number of halogens is 1. The first-order valence-electron chi connectivity index (χ1n) is 2.87. The fourth-order valence-corrected chi connectivity index (χ4v) is 0.977. The van der Waals surface area contributed by atoms with E-state index >= 15 is 0 Å². The van der Waals surface area contributed by atoms with Gasteiger partial charge in [0.2, 0.25) is 0 Å². The normalized spacial score (nSPS) is 9.80. The summed E-state index contributed by atoms with van der Waals surface area (Å²) in [7, 11) is 0. The van der Waals surface area contributed by atoms with Crippen LogP contribution >= 0.6 is 11.6 Å². The van der Waals surface area contributed by atoms with Gasteiger partial charge in [-0.1, -0.05) is 11.6 Å². The van der Waals surface area contributed by atoms with Crippen molar-refractivity contribution < 1.29 is 4.79 Å². The molecule has 1 rings (SSSR count). The maximum Gasteiger partial charge on any atom is 0.141 e. The monoisotopic (exact) mass is 158 g/mol. The lowest BCUT2D eigenvalue weighted by atomic mass is 10.5. The van der Waals surface area contributed by atoms with Gasteiger partial charge in [0.25, 0.3) is 0 Å². The van der Waals surface area contributed by atoms with Crippen molar-refractivity contribution in [3.05, 3.63) is 16.9 Å². The maximum absolute atomic E-state index is 10.0. The molecule has 10 heavy (non-hydrogen) atoms. The minimum absolute atomic E-state index is 0.229. The number of hydrogen-bond donors (Lipinski definition) is 0. The van der Waals surface area contributed by atoms with Crippen LogP contribution in [-0.2, 0) is 11.3 Å². The van der Waals surface area contributed by atoms with Crippen LogP contribution in [0, 0.1) is 6.92 Å². The molecule has 1 aromatic heterocycles. The molecule has 0 saturated carbocycles. The zero-order valence-electron chi connectivity index (χ0n) is 5.54. The Hall–Kier alpha value is -0.830. The molecule has 0 radical (unpaired) electrons. The largest absolute Gasteiger partial charge is 0.301 e. The average molecular weight is 159 g/mol. The first-order valence-corrected chi connectivity index (χ1v) is 3.25. The lowest BCUT2D eigenvalue weighted by Crippen LogP contribution is -2.00. The van der Waals surface area contributed by atoms with Gasteiger partial charge >= 0.3 is 0 Å². The smallest absolute Gasteiger partial charge is 0.141 e. The van der Waals surface area contributed by atoms with Crippen molar-refractivity contribution in [2.75, 3.05) is 0 Å². The molecule has 54 valence electrons. The Morgan fingerprint density at radius 2 is 2.60 bits per heavy atom. The molecular formula is C6H7ClN2O. The lowest BCUT2D eigenvalue weighted by Gasteiger charge is -1.92. The number of aromatic nitrogens is 2. The molecule has 0 bridgehead atoms. The highest BCUT2D eigenvalue weighted by Gasteiger charge is 1.99. The molecule has 0 saturated heterocycles. The van der Waals surface area contributed by atoms with Gasteiger partial charge < -0.3 is 4.79 Å². The number of carbonyl (C=O) groups is 1.